The highest BCUT2D eigenvalue weighted by Gasteiger charge is 2.26. The molecule has 1 atom stereocenters. The number of ketones is 1. The maximum Gasteiger partial charge on any atom is 0.377 e. The number of ether oxygens (including phenoxy) is 2. The third-order valence-electron chi connectivity index (χ3n) is 3.68. The van der Waals surface area contributed by atoms with Crippen molar-refractivity contribution in [1.29, 1.82) is 0 Å². The number of aromatic nitrogens is 1. The van der Waals surface area contributed by atoms with Gasteiger partial charge in [0.15, 0.2) is 0 Å². The van der Waals surface area contributed by atoms with Gasteiger partial charge in [0.1, 0.15) is 0 Å². The Balaban J connectivity index is 0.000000501. The first kappa shape index (κ1) is 24.3. The summed E-state index contributed by atoms with van der Waals surface area (Å²) in [5.41, 5.74) is 1.87. The molecule has 0 aliphatic heterocycles. The fourth-order valence-electron chi connectivity index (χ4n) is 2.08. The molecule has 0 radical (unpaired) electrons. The maximum atomic E-state index is 11.3. The number of nitrogens with zero attached hydrogens (tertiary/aromatic N) is 2. The first-order valence-electron chi connectivity index (χ1n) is 8.82. The number of rotatable bonds is 8. The highest BCUT2D eigenvalue weighted by Crippen LogP contribution is 2.14. The van der Waals surface area contributed by atoms with E-state index >= 15 is 0 Å². The molecule has 0 saturated carbocycles. The Morgan fingerprint density at radius 1 is 1.15 bits per heavy atom. The zero-order chi connectivity index (χ0) is 21.0. The van der Waals surface area contributed by atoms with Gasteiger partial charge in [-0.3, -0.25) is 4.79 Å². The smallest absolute Gasteiger partial charge is 0.377 e. The molecule has 0 aromatic carbocycles. The van der Waals surface area contributed by atoms with Gasteiger partial charge >= 0.3 is 11.9 Å². The third kappa shape index (κ3) is 7.20. The van der Waals surface area contributed by atoms with Gasteiger partial charge in [-0.2, -0.15) is 0 Å². The van der Waals surface area contributed by atoms with Gasteiger partial charge in [0.2, 0.25) is 11.5 Å². The monoisotopic (exact) mass is 384 g/mol. The largest absolute Gasteiger partial charge is 0.460 e. The second kappa shape index (κ2) is 12.6. The van der Waals surface area contributed by atoms with Crippen LogP contribution >= 0.6 is 0 Å². The summed E-state index contributed by atoms with van der Waals surface area (Å²) >= 11 is 0. The minimum atomic E-state index is -0.880. The molecule has 0 saturated heterocycles. The van der Waals surface area contributed by atoms with Crippen molar-refractivity contribution in [2.75, 3.05) is 13.2 Å². The molecule has 152 valence electrons. The van der Waals surface area contributed by atoms with Crippen molar-refractivity contribution in [3.63, 3.8) is 0 Å². The minimum Gasteiger partial charge on any atom is -0.460 e. The summed E-state index contributed by atoms with van der Waals surface area (Å²) in [5, 5.41) is 15.3. The Hall–Kier alpha value is -2.71. The lowest BCUT2D eigenvalue weighted by atomic mass is 9.99. The van der Waals surface area contributed by atoms with Crippen molar-refractivity contribution in [3.8, 4) is 0 Å². The molecule has 0 amide bonds. The van der Waals surface area contributed by atoms with Crippen LogP contribution in [0.1, 0.15) is 62.9 Å². The normalized spacial score (nSPS) is 11.9. The fraction of sp³-hybridized carbons (Fsp3) is 0.611. The van der Waals surface area contributed by atoms with Crippen LogP contribution < -0.4 is 0 Å². The number of carbonyl (C=O) groups is 3. The van der Waals surface area contributed by atoms with E-state index in [4.69, 9.17) is 14.5 Å². The lowest BCUT2D eigenvalue weighted by Gasteiger charge is -2.09. The number of aryl methyl sites for hydroxylation is 1. The van der Waals surface area contributed by atoms with Gasteiger partial charge in [0.25, 0.3) is 0 Å². The van der Waals surface area contributed by atoms with E-state index in [9.17, 15) is 14.4 Å². The topological polar surface area (TPSA) is 128 Å². The van der Waals surface area contributed by atoms with Crippen LogP contribution in [0.3, 0.4) is 0 Å². The third-order valence-corrected chi connectivity index (χ3v) is 3.68. The molecule has 9 heteroatoms. The molecule has 1 unspecified atom stereocenters. The molecule has 1 aromatic rings. The zero-order valence-electron chi connectivity index (χ0n) is 16.7. The van der Waals surface area contributed by atoms with E-state index in [-0.39, 0.29) is 18.1 Å². The van der Waals surface area contributed by atoms with Gasteiger partial charge in [-0.15, -0.1) is 0 Å². The van der Waals surface area contributed by atoms with E-state index in [1.165, 1.54) is 6.92 Å². The van der Waals surface area contributed by atoms with Crippen LogP contribution in [0, 0.1) is 12.8 Å². The highest BCUT2D eigenvalue weighted by molar-refractivity contribution is 6.38. The van der Waals surface area contributed by atoms with Gasteiger partial charge in [-0.1, -0.05) is 24.2 Å². The van der Waals surface area contributed by atoms with Crippen LogP contribution in [0.4, 0.5) is 0 Å². The van der Waals surface area contributed by atoms with Crippen LogP contribution in [-0.2, 0) is 25.5 Å². The number of hydrogen-bond donors (Lipinski definition) is 1. The fourth-order valence-corrected chi connectivity index (χ4v) is 2.08. The van der Waals surface area contributed by atoms with Crippen molar-refractivity contribution >= 4 is 23.4 Å². The molecule has 1 N–H and O–H groups in total. The quantitative estimate of drug-likeness (QED) is 0.238. The van der Waals surface area contributed by atoms with Gasteiger partial charge < -0.3 is 19.2 Å². The Labute approximate surface area is 158 Å². The lowest BCUT2D eigenvalue weighted by Crippen LogP contribution is -2.29. The molecule has 9 nitrogen and oxygen atoms in total. The molecule has 0 spiro atoms. The SMILES string of the molecule is CCOC(=O)C(=O)C(C)/C(CC)=N\O.CCOC(=O)c1onc(CC)c1C. The summed E-state index contributed by atoms with van der Waals surface area (Å²) < 4.78 is 14.2. The highest BCUT2D eigenvalue weighted by atomic mass is 16.6. The van der Waals surface area contributed by atoms with Crippen LogP contribution in [0.15, 0.2) is 9.68 Å². The van der Waals surface area contributed by atoms with Gasteiger partial charge in [-0.25, -0.2) is 9.59 Å². The van der Waals surface area contributed by atoms with E-state index in [1.807, 2.05) is 13.8 Å². The first-order valence-corrected chi connectivity index (χ1v) is 8.82. The second-order valence-corrected chi connectivity index (χ2v) is 5.41. The van der Waals surface area contributed by atoms with Crippen molar-refractivity contribution in [2.24, 2.45) is 11.1 Å². The van der Waals surface area contributed by atoms with Gasteiger partial charge in [0.05, 0.1) is 30.5 Å². The molecule has 0 fully saturated rings. The van der Waals surface area contributed by atoms with E-state index in [0.717, 1.165) is 17.7 Å². The van der Waals surface area contributed by atoms with Crippen LogP contribution in [-0.4, -0.2) is 47.0 Å². The zero-order valence-corrected chi connectivity index (χ0v) is 16.7. The molecule has 0 aliphatic carbocycles. The van der Waals surface area contributed by atoms with Crippen molar-refractivity contribution in [1.82, 2.24) is 5.16 Å². The molecule has 1 heterocycles. The number of esters is 2. The molecular formula is C18H28N2O7. The standard InChI is InChI=1S/C9H15NO4.C9H13NO3/c1-4-7(10-13)6(3)8(11)9(12)14-5-2;1-4-7-6(3)8(13-10-7)9(11)12-5-2/h6,13H,4-5H2,1-3H3;4-5H2,1-3H3/b10-7-;. The van der Waals surface area contributed by atoms with E-state index in [1.54, 1.807) is 20.8 Å². The molecule has 0 bridgehead atoms. The van der Waals surface area contributed by atoms with E-state index in [2.05, 4.69) is 15.0 Å². The summed E-state index contributed by atoms with van der Waals surface area (Å²) in [6.07, 6.45) is 1.18. The average Bonchev–Trinajstić information content (AvgIpc) is 3.03. The summed E-state index contributed by atoms with van der Waals surface area (Å²) in [7, 11) is 0. The number of oxime groups is 1. The van der Waals surface area contributed by atoms with Crippen LogP contribution in [0.2, 0.25) is 0 Å². The summed E-state index contributed by atoms with van der Waals surface area (Å²) in [5.74, 6) is -2.49. The predicted molar refractivity (Wildman–Crippen MR) is 96.9 cm³/mol. The van der Waals surface area contributed by atoms with E-state index < -0.39 is 23.6 Å². The average molecular weight is 384 g/mol. The first-order chi connectivity index (χ1) is 12.8. The molecule has 0 aliphatic rings. The summed E-state index contributed by atoms with van der Waals surface area (Å²) in [6, 6.07) is 0. The number of Topliss-reactive ketones (excluding diaryl/α,β-unsaturated/α-hetero) is 1. The Bertz CT molecular complexity index is 665. The molecule has 27 heavy (non-hydrogen) atoms. The van der Waals surface area contributed by atoms with Crippen LogP contribution in [0.25, 0.3) is 0 Å². The predicted octanol–water partition coefficient (Wildman–Crippen LogP) is 2.72. The molecular weight excluding hydrogens is 356 g/mol. The minimum absolute atomic E-state index is 0.162. The Kier molecular flexibility index (Phi) is 11.3. The Morgan fingerprint density at radius 2 is 1.74 bits per heavy atom. The van der Waals surface area contributed by atoms with Gasteiger partial charge in [-0.05, 0) is 40.5 Å². The second-order valence-electron chi connectivity index (χ2n) is 5.41. The molecule has 1 aromatic heterocycles. The number of hydrogen-bond acceptors (Lipinski definition) is 9. The summed E-state index contributed by atoms with van der Waals surface area (Å²) in [4.78, 5) is 33.6. The van der Waals surface area contributed by atoms with Gasteiger partial charge in [0, 0.05) is 5.56 Å². The van der Waals surface area contributed by atoms with Crippen molar-refractivity contribution in [3.05, 3.63) is 17.0 Å². The maximum absolute atomic E-state index is 11.3. The summed E-state index contributed by atoms with van der Waals surface area (Å²) in [6.45, 7) is 10.9. The van der Waals surface area contributed by atoms with E-state index in [0.29, 0.717) is 13.0 Å². The van der Waals surface area contributed by atoms with Crippen molar-refractivity contribution < 1.29 is 33.6 Å². The number of carbonyl (C=O) groups excluding carboxylic acids is 3. The molecule has 1 rings (SSSR count). The van der Waals surface area contributed by atoms with Crippen molar-refractivity contribution in [2.45, 2.75) is 54.4 Å². The lowest BCUT2D eigenvalue weighted by molar-refractivity contribution is -0.154. The van der Waals surface area contributed by atoms with Crippen LogP contribution in [0.5, 0.6) is 0 Å². The Morgan fingerprint density at radius 3 is 2.15 bits per heavy atom.